The van der Waals surface area contributed by atoms with Crippen LogP contribution in [-0.4, -0.2) is 29.1 Å². The third kappa shape index (κ3) is 4.30. The molecule has 1 aromatic rings. The molecule has 1 aromatic carbocycles. The lowest BCUT2D eigenvalue weighted by Crippen LogP contribution is -2.37. The summed E-state index contributed by atoms with van der Waals surface area (Å²) in [4.78, 5) is 13.1. The summed E-state index contributed by atoms with van der Waals surface area (Å²) < 4.78 is 13.2. The highest BCUT2D eigenvalue weighted by molar-refractivity contribution is 5.67. The number of piperidine rings is 1. The maximum Gasteiger partial charge on any atom is 0.303 e. The molecular weight excluding hydrogens is 257 g/mol. The van der Waals surface area contributed by atoms with Crippen LogP contribution in [0.15, 0.2) is 24.3 Å². The number of carbonyl (C=O) groups is 1. The number of hydrogen-bond donors (Lipinski definition) is 1. The van der Waals surface area contributed by atoms with Crippen molar-refractivity contribution in [1.82, 2.24) is 4.90 Å². The largest absolute Gasteiger partial charge is 0.481 e. The molecule has 0 amide bonds. The zero-order chi connectivity index (χ0) is 14.5. The third-order valence-electron chi connectivity index (χ3n) is 4.14. The van der Waals surface area contributed by atoms with Crippen LogP contribution in [0.2, 0.25) is 0 Å². The van der Waals surface area contributed by atoms with Crippen LogP contribution in [0.5, 0.6) is 0 Å². The zero-order valence-electron chi connectivity index (χ0n) is 11.9. The molecule has 3 nitrogen and oxygen atoms in total. The van der Waals surface area contributed by atoms with Crippen LogP contribution in [0, 0.1) is 17.7 Å². The van der Waals surface area contributed by atoms with E-state index >= 15 is 0 Å². The summed E-state index contributed by atoms with van der Waals surface area (Å²) in [5.74, 6) is -0.300. The monoisotopic (exact) mass is 279 g/mol. The summed E-state index contributed by atoms with van der Waals surface area (Å²) in [6.45, 7) is 4.68. The van der Waals surface area contributed by atoms with Gasteiger partial charge in [-0.05, 0) is 48.9 Å². The molecule has 0 bridgehead atoms. The quantitative estimate of drug-likeness (QED) is 0.900. The SMILES string of the molecule is CC(CC(=O)O)C1CCCN(Cc2cccc(F)c2)C1. The van der Waals surface area contributed by atoms with Crippen molar-refractivity contribution in [3.8, 4) is 0 Å². The number of halogens is 1. The topological polar surface area (TPSA) is 40.5 Å². The molecule has 0 radical (unpaired) electrons. The van der Waals surface area contributed by atoms with Crippen molar-refractivity contribution in [2.45, 2.75) is 32.7 Å². The van der Waals surface area contributed by atoms with E-state index in [0.29, 0.717) is 5.92 Å². The Morgan fingerprint density at radius 1 is 1.55 bits per heavy atom. The van der Waals surface area contributed by atoms with Gasteiger partial charge in [0.05, 0.1) is 0 Å². The normalized spacial score (nSPS) is 21.6. The number of rotatable bonds is 5. The number of carboxylic acids is 1. The number of benzene rings is 1. The molecule has 4 heteroatoms. The summed E-state index contributed by atoms with van der Waals surface area (Å²) in [6.07, 6.45) is 2.41. The highest BCUT2D eigenvalue weighted by Gasteiger charge is 2.25. The van der Waals surface area contributed by atoms with Crippen LogP contribution in [0.3, 0.4) is 0 Å². The van der Waals surface area contributed by atoms with E-state index in [4.69, 9.17) is 5.11 Å². The Morgan fingerprint density at radius 3 is 3.05 bits per heavy atom. The number of carboxylic acid groups (broad SMARTS) is 1. The fourth-order valence-electron chi connectivity index (χ4n) is 3.03. The average Bonchev–Trinajstić information content (AvgIpc) is 2.38. The molecule has 0 saturated carbocycles. The lowest BCUT2D eigenvalue weighted by atomic mass is 9.84. The van der Waals surface area contributed by atoms with E-state index in [1.165, 1.54) is 6.07 Å². The maximum atomic E-state index is 13.2. The predicted octanol–water partition coefficient (Wildman–Crippen LogP) is 3.15. The smallest absolute Gasteiger partial charge is 0.303 e. The second-order valence-electron chi connectivity index (χ2n) is 5.84. The lowest BCUT2D eigenvalue weighted by Gasteiger charge is -2.35. The fraction of sp³-hybridized carbons (Fsp3) is 0.562. The number of aliphatic carboxylic acids is 1. The summed E-state index contributed by atoms with van der Waals surface area (Å²) in [6, 6.07) is 6.70. The van der Waals surface area contributed by atoms with Crippen molar-refractivity contribution in [2.24, 2.45) is 11.8 Å². The van der Waals surface area contributed by atoms with Gasteiger partial charge >= 0.3 is 5.97 Å². The molecule has 1 fully saturated rings. The highest BCUT2D eigenvalue weighted by Crippen LogP contribution is 2.27. The van der Waals surface area contributed by atoms with E-state index in [0.717, 1.165) is 38.0 Å². The van der Waals surface area contributed by atoms with E-state index in [9.17, 15) is 9.18 Å². The standard InChI is InChI=1S/C16H22FNO2/c1-12(8-16(19)20)14-5-3-7-18(11-14)10-13-4-2-6-15(17)9-13/h2,4,6,9,12,14H,3,5,7-8,10-11H2,1H3,(H,19,20). The van der Waals surface area contributed by atoms with E-state index < -0.39 is 5.97 Å². The molecule has 1 saturated heterocycles. The average molecular weight is 279 g/mol. The minimum Gasteiger partial charge on any atom is -0.481 e. The second kappa shape index (κ2) is 6.84. The minimum absolute atomic E-state index is 0.197. The van der Waals surface area contributed by atoms with Crippen LogP contribution in [0.1, 0.15) is 31.7 Å². The summed E-state index contributed by atoms with van der Waals surface area (Å²) >= 11 is 0. The Hall–Kier alpha value is -1.42. The van der Waals surface area contributed by atoms with Crippen LogP contribution in [0.4, 0.5) is 4.39 Å². The molecular formula is C16H22FNO2. The summed E-state index contributed by atoms with van der Waals surface area (Å²) in [5, 5.41) is 8.89. The first-order valence-corrected chi connectivity index (χ1v) is 7.23. The Morgan fingerprint density at radius 2 is 2.35 bits per heavy atom. The molecule has 2 unspecified atom stereocenters. The first-order chi connectivity index (χ1) is 9.54. The van der Waals surface area contributed by atoms with Gasteiger partial charge in [-0.3, -0.25) is 9.69 Å². The van der Waals surface area contributed by atoms with Crippen LogP contribution >= 0.6 is 0 Å². The molecule has 20 heavy (non-hydrogen) atoms. The van der Waals surface area contributed by atoms with E-state index in [-0.39, 0.29) is 18.2 Å². The van der Waals surface area contributed by atoms with E-state index in [2.05, 4.69) is 4.90 Å². The van der Waals surface area contributed by atoms with E-state index in [1.54, 1.807) is 12.1 Å². The zero-order valence-corrected chi connectivity index (χ0v) is 11.9. The molecule has 0 aliphatic carbocycles. The van der Waals surface area contributed by atoms with Gasteiger partial charge in [0.2, 0.25) is 0 Å². The summed E-state index contributed by atoms with van der Waals surface area (Å²) in [7, 11) is 0. The molecule has 1 N–H and O–H groups in total. The number of nitrogens with zero attached hydrogens (tertiary/aromatic N) is 1. The molecule has 1 aliphatic heterocycles. The maximum absolute atomic E-state index is 13.2. The summed E-state index contributed by atoms with van der Waals surface area (Å²) in [5.41, 5.74) is 0.983. The fourth-order valence-corrected chi connectivity index (χ4v) is 3.03. The molecule has 2 rings (SSSR count). The van der Waals surface area contributed by atoms with Gasteiger partial charge in [0.1, 0.15) is 5.82 Å². The predicted molar refractivity (Wildman–Crippen MR) is 75.8 cm³/mol. The van der Waals surface area contributed by atoms with Crippen molar-refractivity contribution in [1.29, 1.82) is 0 Å². The van der Waals surface area contributed by atoms with Gasteiger partial charge in [0.25, 0.3) is 0 Å². The Bertz CT molecular complexity index is 464. The van der Waals surface area contributed by atoms with Gasteiger partial charge in [-0.25, -0.2) is 4.39 Å². The lowest BCUT2D eigenvalue weighted by molar-refractivity contribution is -0.138. The van der Waals surface area contributed by atoms with Gasteiger partial charge in [-0.15, -0.1) is 0 Å². The molecule has 1 aliphatic rings. The minimum atomic E-state index is -0.722. The van der Waals surface area contributed by atoms with Crippen LogP contribution in [-0.2, 0) is 11.3 Å². The molecule has 0 aromatic heterocycles. The molecule has 1 heterocycles. The van der Waals surface area contributed by atoms with Crippen molar-refractivity contribution < 1.29 is 14.3 Å². The van der Waals surface area contributed by atoms with Gasteiger partial charge in [0.15, 0.2) is 0 Å². The Kier molecular flexibility index (Phi) is 5.12. The van der Waals surface area contributed by atoms with Crippen molar-refractivity contribution in [3.63, 3.8) is 0 Å². The van der Waals surface area contributed by atoms with Crippen LogP contribution < -0.4 is 0 Å². The Balaban J connectivity index is 1.91. The van der Waals surface area contributed by atoms with Gasteiger partial charge in [-0.2, -0.15) is 0 Å². The molecule has 2 atom stereocenters. The van der Waals surface area contributed by atoms with Crippen molar-refractivity contribution in [2.75, 3.05) is 13.1 Å². The first kappa shape index (κ1) is 15.0. The molecule has 0 spiro atoms. The van der Waals surface area contributed by atoms with Gasteiger partial charge in [-0.1, -0.05) is 19.1 Å². The first-order valence-electron chi connectivity index (χ1n) is 7.23. The third-order valence-corrected chi connectivity index (χ3v) is 4.14. The van der Waals surface area contributed by atoms with E-state index in [1.807, 2.05) is 13.0 Å². The van der Waals surface area contributed by atoms with Crippen molar-refractivity contribution in [3.05, 3.63) is 35.6 Å². The Labute approximate surface area is 119 Å². The molecule has 110 valence electrons. The van der Waals surface area contributed by atoms with Gasteiger partial charge in [0, 0.05) is 19.5 Å². The number of likely N-dealkylation sites (tertiary alicyclic amines) is 1. The highest BCUT2D eigenvalue weighted by atomic mass is 19.1. The second-order valence-corrected chi connectivity index (χ2v) is 5.84. The number of hydrogen-bond acceptors (Lipinski definition) is 2. The van der Waals surface area contributed by atoms with Crippen LogP contribution in [0.25, 0.3) is 0 Å². The van der Waals surface area contributed by atoms with Gasteiger partial charge < -0.3 is 5.11 Å². The van der Waals surface area contributed by atoms with Crippen molar-refractivity contribution >= 4 is 5.97 Å².